The molecule has 1 atom stereocenters. The molecule has 1 fully saturated rings. The number of hydrogen-bond acceptors (Lipinski definition) is 5. The third-order valence-electron chi connectivity index (χ3n) is 2.41. The molecule has 1 unspecified atom stereocenters. The van der Waals surface area contributed by atoms with Crippen LogP contribution < -0.4 is 4.90 Å². The molecule has 1 aliphatic heterocycles. The van der Waals surface area contributed by atoms with Crippen molar-refractivity contribution in [3.63, 3.8) is 0 Å². The van der Waals surface area contributed by atoms with Gasteiger partial charge in [-0.05, 0) is 12.1 Å². The Hall–Kier alpha value is -2.11. The number of ether oxygens (including phenoxy) is 1. The third kappa shape index (κ3) is 2.10. The first-order valence-corrected chi connectivity index (χ1v) is 4.96. The van der Waals surface area contributed by atoms with Gasteiger partial charge in [0.05, 0.1) is 24.8 Å². The van der Waals surface area contributed by atoms with Crippen LogP contribution >= 0.6 is 0 Å². The van der Waals surface area contributed by atoms with Gasteiger partial charge >= 0.3 is 0 Å². The second-order valence-electron chi connectivity index (χ2n) is 3.45. The van der Waals surface area contributed by atoms with Crippen molar-refractivity contribution < 1.29 is 4.74 Å². The highest BCUT2D eigenvalue weighted by molar-refractivity contribution is 5.42. The molecular weight excluding hydrogens is 204 g/mol. The van der Waals surface area contributed by atoms with E-state index in [-0.39, 0.29) is 0 Å². The molecule has 0 bridgehead atoms. The molecule has 16 heavy (non-hydrogen) atoms. The summed E-state index contributed by atoms with van der Waals surface area (Å²) >= 11 is 0. The Morgan fingerprint density at radius 3 is 2.94 bits per heavy atom. The predicted molar refractivity (Wildman–Crippen MR) is 56.5 cm³/mol. The number of anilines is 1. The van der Waals surface area contributed by atoms with Gasteiger partial charge in [0.1, 0.15) is 11.9 Å². The lowest BCUT2D eigenvalue weighted by Crippen LogP contribution is -2.42. The van der Waals surface area contributed by atoms with Gasteiger partial charge in [-0.25, -0.2) is 4.98 Å². The molecule has 2 heterocycles. The van der Waals surface area contributed by atoms with Crippen LogP contribution in [0.15, 0.2) is 18.3 Å². The van der Waals surface area contributed by atoms with Crippen molar-refractivity contribution in [1.29, 1.82) is 10.5 Å². The first kappa shape index (κ1) is 10.4. The third-order valence-corrected chi connectivity index (χ3v) is 2.41. The minimum Gasteiger partial charge on any atom is -0.360 e. The van der Waals surface area contributed by atoms with E-state index in [1.165, 1.54) is 6.20 Å². The van der Waals surface area contributed by atoms with E-state index in [9.17, 15) is 0 Å². The standard InChI is InChI=1S/C11H10N4O/c12-5-9-1-2-11(14-7-9)15-3-4-16-10(6-13)8-15/h1-2,7,10H,3-4,8H2. The van der Waals surface area contributed by atoms with Crippen molar-refractivity contribution in [2.24, 2.45) is 0 Å². The molecule has 0 aromatic carbocycles. The Kier molecular flexibility index (Phi) is 3.00. The van der Waals surface area contributed by atoms with E-state index in [0.29, 0.717) is 18.7 Å². The number of pyridine rings is 1. The quantitative estimate of drug-likeness (QED) is 0.687. The summed E-state index contributed by atoms with van der Waals surface area (Å²) in [5.41, 5.74) is 0.536. The molecule has 1 aromatic rings. The van der Waals surface area contributed by atoms with E-state index in [1.54, 1.807) is 12.1 Å². The van der Waals surface area contributed by atoms with Gasteiger partial charge in [0.25, 0.3) is 0 Å². The molecule has 5 nitrogen and oxygen atoms in total. The smallest absolute Gasteiger partial charge is 0.161 e. The van der Waals surface area contributed by atoms with Crippen LogP contribution in [0, 0.1) is 22.7 Å². The summed E-state index contributed by atoms with van der Waals surface area (Å²) in [6, 6.07) is 7.61. The first-order valence-electron chi connectivity index (χ1n) is 4.96. The van der Waals surface area contributed by atoms with Crippen LogP contribution in [-0.4, -0.2) is 30.8 Å². The lowest BCUT2D eigenvalue weighted by atomic mass is 10.2. The SMILES string of the molecule is N#Cc1ccc(N2CCOC(C#N)C2)nc1. The maximum Gasteiger partial charge on any atom is 0.161 e. The van der Waals surface area contributed by atoms with E-state index in [1.807, 2.05) is 11.0 Å². The number of rotatable bonds is 1. The molecule has 0 saturated carbocycles. The van der Waals surface area contributed by atoms with Crippen LogP contribution in [0.3, 0.4) is 0 Å². The number of hydrogen-bond donors (Lipinski definition) is 0. The minimum absolute atomic E-state index is 0.397. The van der Waals surface area contributed by atoms with Gasteiger partial charge < -0.3 is 9.64 Å². The Morgan fingerprint density at radius 1 is 1.44 bits per heavy atom. The zero-order chi connectivity index (χ0) is 11.4. The van der Waals surface area contributed by atoms with E-state index in [4.69, 9.17) is 15.3 Å². The maximum atomic E-state index is 8.77. The monoisotopic (exact) mass is 214 g/mol. The predicted octanol–water partition coefficient (Wildman–Crippen LogP) is 0.682. The maximum absolute atomic E-state index is 8.77. The van der Waals surface area contributed by atoms with E-state index in [0.717, 1.165) is 12.4 Å². The Bertz CT molecular complexity index is 443. The van der Waals surface area contributed by atoms with Crippen LogP contribution in [0.1, 0.15) is 5.56 Å². The van der Waals surface area contributed by atoms with E-state index < -0.39 is 6.10 Å². The molecular formula is C11H10N4O. The minimum atomic E-state index is -0.397. The number of aromatic nitrogens is 1. The molecule has 1 saturated heterocycles. The van der Waals surface area contributed by atoms with Crippen LogP contribution in [0.2, 0.25) is 0 Å². The van der Waals surface area contributed by atoms with Crippen molar-refractivity contribution >= 4 is 5.82 Å². The molecule has 5 heteroatoms. The molecule has 1 aliphatic rings. The van der Waals surface area contributed by atoms with Crippen molar-refractivity contribution in [1.82, 2.24) is 4.98 Å². The Morgan fingerprint density at radius 2 is 2.31 bits per heavy atom. The van der Waals surface area contributed by atoms with Gasteiger partial charge in [-0.15, -0.1) is 0 Å². The fraction of sp³-hybridized carbons (Fsp3) is 0.364. The zero-order valence-corrected chi connectivity index (χ0v) is 8.63. The molecule has 0 amide bonds. The first-order chi connectivity index (χ1) is 7.83. The fourth-order valence-corrected chi connectivity index (χ4v) is 1.57. The number of nitrogens with zero attached hydrogens (tertiary/aromatic N) is 4. The van der Waals surface area contributed by atoms with Crippen molar-refractivity contribution in [2.45, 2.75) is 6.10 Å². The average Bonchev–Trinajstić information content (AvgIpc) is 2.39. The number of morpholine rings is 1. The van der Waals surface area contributed by atoms with Gasteiger partial charge in [0.2, 0.25) is 0 Å². The second kappa shape index (κ2) is 4.61. The second-order valence-corrected chi connectivity index (χ2v) is 3.45. The van der Waals surface area contributed by atoms with Gasteiger partial charge in [-0.3, -0.25) is 0 Å². The molecule has 2 rings (SSSR count). The highest BCUT2D eigenvalue weighted by atomic mass is 16.5. The summed E-state index contributed by atoms with van der Waals surface area (Å²) in [6.07, 6.45) is 1.14. The average molecular weight is 214 g/mol. The molecule has 80 valence electrons. The summed E-state index contributed by atoms with van der Waals surface area (Å²) in [4.78, 5) is 6.17. The molecule has 0 spiro atoms. The normalized spacial score (nSPS) is 19.9. The van der Waals surface area contributed by atoms with Crippen molar-refractivity contribution in [2.75, 3.05) is 24.6 Å². The molecule has 0 aliphatic carbocycles. The van der Waals surface area contributed by atoms with Crippen LogP contribution in [0.25, 0.3) is 0 Å². The molecule has 0 radical (unpaired) electrons. The zero-order valence-electron chi connectivity index (χ0n) is 8.63. The topological polar surface area (TPSA) is 72.9 Å². The van der Waals surface area contributed by atoms with Gasteiger partial charge in [-0.1, -0.05) is 0 Å². The Labute approximate surface area is 93.5 Å². The van der Waals surface area contributed by atoms with E-state index in [2.05, 4.69) is 11.1 Å². The molecule has 0 N–H and O–H groups in total. The van der Waals surface area contributed by atoms with Crippen LogP contribution in [0.5, 0.6) is 0 Å². The van der Waals surface area contributed by atoms with Gasteiger partial charge in [0, 0.05) is 12.7 Å². The van der Waals surface area contributed by atoms with Gasteiger partial charge in [0.15, 0.2) is 6.10 Å². The van der Waals surface area contributed by atoms with Crippen LogP contribution in [0.4, 0.5) is 5.82 Å². The highest BCUT2D eigenvalue weighted by Gasteiger charge is 2.20. The summed E-state index contributed by atoms with van der Waals surface area (Å²) < 4.78 is 5.24. The van der Waals surface area contributed by atoms with E-state index >= 15 is 0 Å². The lowest BCUT2D eigenvalue weighted by molar-refractivity contribution is 0.0761. The summed E-state index contributed by atoms with van der Waals surface area (Å²) in [5, 5.41) is 17.4. The Balaban J connectivity index is 2.12. The highest BCUT2D eigenvalue weighted by Crippen LogP contribution is 2.14. The largest absolute Gasteiger partial charge is 0.360 e. The molecule has 1 aromatic heterocycles. The van der Waals surface area contributed by atoms with Crippen LogP contribution in [-0.2, 0) is 4.74 Å². The number of nitriles is 2. The van der Waals surface area contributed by atoms with Gasteiger partial charge in [-0.2, -0.15) is 10.5 Å². The summed E-state index contributed by atoms with van der Waals surface area (Å²) in [7, 11) is 0. The lowest BCUT2D eigenvalue weighted by Gasteiger charge is -2.30. The fourth-order valence-electron chi connectivity index (χ4n) is 1.57. The summed E-state index contributed by atoms with van der Waals surface area (Å²) in [5.74, 6) is 0.780. The van der Waals surface area contributed by atoms with Crippen molar-refractivity contribution in [3.05, 3.63) is 23.9 Å². The summed E-state index contributed by atoms with van der Waals surface area (Å²) in [6.45, 7) is 1.77. The van der Waals surface area contributed by atoms with Crippen molar-refractivity contribution in [3.8, 4) is 12.1 Å².